The van der Waals surface area contributed by atoms with Gasteiger partial charge in [-0.05, 0) is 44.4 Å². The highest BCUT2D eigenvalue weighted by molar-refractivity contribution is 7.89. The van der Waals surface area contributed by atoms with Crippen molar-refractivity contribution in [2.75, 3.05) is 26.2 Å². The van der Waals surface area contributed by atoms with Crippen molar-refractivity contribution in [3.05, 3.63) is 24.2 Å². The number of H-pyrrole nitrogens is 1. The van der Waals surface area contributed by atoms with Gasteiger partial charge >= 0.3 is 6.09 Å². The average molecular weight is 448 g/mol. The third-order valence-electron chi connectivity index (χ3n) is 6.94. The number of piperidine rings is 1. The van der Waals surface area contributed by atoms with Gasteiger partial charge in [-0.3, -0.25) is 4.98 Å². The van der Waals surface area contributed by atoms with Crippen LogP contribution in [0.15, 0.2) is 18.6 Å². The van der Waals surface area contributed by atoms with Crippen LogP contribution in [0, 0.1) is 0 Å². The van der Waals surface area contributed by atoms with E-state index in [1.807, 2.05) is 6.20 Å². The van der Waals surface area contributed by atoms with E-state index in [9.17, 15) is 13.2 Å². The number of nitrogens with zero attached hydrogens (tertiary/aromatic N) is 4. The Morgan fingerprint density at radius 1 is 1.03 bits per heavy atom. The fourth-order valence-electron chi connectivity index (χ4n) is 4.99. The van der Waals surface area contributed by atoms with Gasteiger partial charge in [0, 0.05) is 50.3 Å². The molecule has 10 heteroatoms. The van der Waals surface area contributed by atoms with Gasteiger partial charge in [0.05, 0.1) is 0 Å². The maximum Gasteiger partial charge on any atom is 0.410 e. The van der Waals surface area contributed by atoms with E-state index in [0.29, 0.717) is 13.1 Å². The Morgan fingerprint density at radius 3 is 2.48 bits per heavy atom. The second kappa shape index (κ2) is 8.38. The van der Waals surface area contributed by atoms with E-state index >= 15 is 0 Å². The standard InChI is InChI=1S/C21H29N5O4S/c27-21(30-16-4-2-1-3-5-16)25-13-17(14-25)31(28,29)26-10-6-15(7-11-26)18-12-24-20-19(18)22-8-9-23-20/h8-9,12,15-17H,1-7,10-11,13-14H2,(H,23,24). The summed E-state index contributed by atoms with van der Waals surface area (Å²) < 4.78 is 33.3. The summed E-state index contributed by atoms with van der Waals surface area (Å²) in [6.07, 6.45) is 11.6. The van der Waals surface area contributed by atoms with Gasteiger partial charge in [-0.1, -0.05) is 6.42 Å². The van der Waals surface area contributed by atoms with Crippen LogP contribution in [-0.2, 0) is 14.8 Å². The van der Waals surface area contributed by atoms with Gasteiger partial charge in [-0.25, -0.2) is 22.5 Å². The molecule has 1 amide bonds. The first-order chi connectivity index (χ1) is 15.0. The monoisotopic (exact) mass is 447 g/mol. The Kier molecular flexibility index (Phi) is 5.60. The number of carbonyl (C=O) groups excluding carboxylic acids is 1. The summed E-state index contributed by atoms with van der Waals surface area (Å²) in [5.41, 5.74) is 2.75. The SMILES string of the molecule is O=C(OC1CCCCC1)N1CC(S(=O)(=O)N2CCC(c3c[nH]c4nccnc34)CC2)C1. The minimum atomic E-state index is -3.41. The topological polar surface area (TPSA) is 108 Å². The number of nitrogens with one attached hydrogen (secondary N) is 1. The lowest BCUT2D eigenvalue weighted by Gasteiger charge is -2.42. The molecule has 1 N–H and O–H groups in total. The van der Waals surface area contributed by atoms with Crippen molar-refractivity contribution in [2.24, 2.45) is 0 Å². The summed E-state index contributed by atoms with van der Waals surface area (Å²) >= 11 is 0. The molecule has 31 heavy (non-hydrogen) atoms. The molecule has 2 aromatic heterocycles. The van der Waals surface area contributed by atoms with Crippen molar-refractivity contribution in [3.8, 4) is 0 Å². The minimum Gasteiger partial charge on any atom is -0.446 e. The third kappa shape index (κ3) is 4.03. The van der Waals surface area contributed by atoms with E-state index in [0.717, 1.165) is 55.3 Å². The lowest BCUT2D eigenvalue weighted by Crippen LogP contribution is -2.60. The summed E-state index contributed by atoms with van der Waals surface area (Å²) in [5.74, 6) is 0.264. The zero-order valence-corrected chi connectivity index (χ0v) is 18.4. The third-order valence-corrected chi connectivity index (χ3v) is 9.16. The predicted molar refractivity (Wildman–Crippen MR) is 115 cm³/mol. The van der Waals surface area contributed by atoms with Crippen molar-refractivity contribution in [2.45, 2.75) is 62.2 Å². The number of rotatable bonds is 4. The summed E-state index contributed by atoms with van der Waals surface area (Å²) in [4.78, 5) is 25.7. The van der Waals surface area contributed by atoms with E-state index < -0.39 is 15.3 Å². The van der Waals surface area contributed by atoms with Gasteiger partial charge in [0.1, 0.15) is 16.9 Å². The highest BCUT2D eigenvalue weighted by Crippen LogP contribution is 2.34. The Morgan fingerprint density at radius 2 is 1.74 bits per heavy atom. The number of aromatic amines is 1. The van der Waals surface area contributed by atoms with Crippen LogP contribution in [0.4, 0.5) is 4.79 Å². The molecule has 0 radical (unpaired) electrons. The molecule has 1 saturated carbocycles. The highest BCUT2D eigenvalue weighted by Gasteiger charge is 2.44. The molecule has 5 rings (SSSR count). The van der Waals surface area contributed by atoms with Gasteiger partial charge < -0.3 is 14.6 Å². The largest absolute Gasteiger partial charge is 0.446 e. The van der Waals surface area contributed by atoms with Crippen molar-refractivity contribution in [1.29, 1.82) is 0 Å². The van der Waals surface area contributed by atoms with E-state index in [1.165, 1.54) is 11.3 Å². The number of ether oxygens (including phenoxy) is 1. The van der Waals surface area contributed by atoms with Crippen LogP contribution >= 0.6 is 0 Å². The number of fused-ring (bicyclic) bond motifs is 1. The van der Waals surface area contributed by atoms with Crippen molar-refractivity contribution in [3.63, 3.8) is 0 Å². The fraction of sp³-hybridized carbons (Fsp3) is 0.667. The lowest BCUT2D eigenvalue weighted by molar-refractivity contribution is 0.0328. The first-order valence-electron chi connectivity index (χ1n) is 11.2. The van der Waals surface area contributed by atoms with Crippen LogP contribution in [0.2, 0.25) is 0 Å². The van der Waals surface area contributed by atoms with E-state index in [4.69, 9.17) is 4.74 Å². The van der Waals surface area contributed by atoms with Crippen LogP contribution < -0.4 is 0 Å². The summed E-state index contributed by atoms with van der Waals surface area (Å²) in [6, 6.07) is 0. The number of aromatic nitrogens is 3. The first-order valence-corrected chi connectivity index (χ1v) is 12.7. The van der Waals surface area contributed by atoms with Gasteiger partial charge in [0.25, 0.3) is 0 Å². The molecule has 0 bridgehead atoms. The van der Waals surface area contributed by atoms with E-state index in [-0.39, 0.29) is 31.2 Å². The molecule has 1 aliphatic carbocycles. The molecule has 3 fully saturated rings. The van der Waals surface area contributed by atoms with Crippen LogP contribution in [0.25, 0.3) is 11.2 Å². The zero-order chi connectivity index (χ0) is 21.4. The van der Waals surface area contributed by atoms with E-state index in [1.54, 1.807) is 16.7 Å². The first kappa shape index (κ1) is 20.7. The van der Waals surface area contributed by atoms with Gasteiger partial charge in [-0.15, -0.1) is 0 Å². The van der Waals surface area contributed by atoms with Crippen LogP contribution in [0.1, 0.15) is 56.4 Å². The van der Waals surface area contributed by atoms with Crippen molar-refractivity contribution >= 4 is 27.3 Å². The maximum atomic E-state index is 13.1. The Labute approximate surface area is 182 Å². The fourth-order valence-corrected chi connectivity index (χ4v) is 6.87. The van der Waals surface area contributed by atoms with Crippen LogP contribution in [0.3, 0.4) is 0 Å². The number of amides is 1. The molecule has 168 valence electrons. The molecule has 2 aromatic rings. The molecule has 9 nitrogen and oxygen atoms in total. The number of sulfonamides is 1. The number of hydrogen-bond acceptors (Lipinski definition) is 6. The quantitative estimate of drug-likeness (QED) is 0.772. The molecular weight excluding hydrogens is 418 g/mol. The van der Waals surface area contributed by atoms with Crippen molar-refractivity contribution < 1.29 is 17.9 Å². The molecule has 2 aliphatic heterocycles. The molecule has 4 heterocycles. The summed E-state index contributed by atoms with van der Waals surface area (Å²) in [5, 5.41) is -0.526. The Hall–Kier alpha value is -2.20. The number of carbonyl (C=O) groups is 1. The molecular formula is C21H29N5O4S. The molecule has 0 spiro atoms. The Bertz CT molecular complexity index is 1030. The summed E-state index contributed by atoms with van der Waals surface area (Å²) in [6.45, 7) is 1.43. The minimum absolute atomic E-state index is 0.00913. The molecule has 3 aliphatic rings. The number of likely N-dealkylation sites (tertiary alicyclic amines) is 1. The van der Waals surface area contributed by atoms with Crippen molar-refractivity contribution in [1.82, 2.24) is 24.2 Å². The average Bonchev–Trinajstić information content (AvgIpc) is 3.17. The van der Waals surface area contributed by atoms with Gasteiger partial charge in [-0.2, -0.15) is 0 Å². The zero-order valence-electron chi connectivity index (χ0n) is 17.6. The predicted octanol–water partition coefficient (Wildman–Crippen LogP) is 2.62. The second-order valence-electron chi connectivity index (χ2n) is 8.89. The molecule has 0 unspecified atom stereocenters. The van der Waals surface area contributed by atoms with Crippen LogP contribution in [-0.4, -0.2) is 76.2 Å². The Balaban J connectivity index is 1.14. The smallest absolute Gasteiger partial charge is 0.410 e. The lowest BCUT2D eigenvalue weighted by atomic mass is 9.91. The second-order valence-corrected chi connectivity index (χ2v) is 11.1. The van der Waals surface area contributed by atoms with Crippen LogP contribution in [0.5, 0.6) is 0 Å². The van der Waals surface area contributed by atoms with E-state index in [2.05, 4.69) is 15.0 Å². The number of hydrogen-bond donors (Lipinski definition) is 1. The molecule has 0 aromatic carbocycles. The molecule has 2 saturated heterocycles. The van der Waals surface area contributed by atoms with Gasteiger partial charge in [0.15, 0.2) is 5.65 Å². The normalized spacial score (nSPS) is 22.5. The summed E-state index contributed by atoms with van der Waals surface area (Å²) in [7, 11) is -3.41. The maximum absolute atomic E-state index is 13.1. The highest BCUT2D eigenvalue weighted by atomic mass is 32.2. The van der Waals surface area contributed by atoms with Gasteiger partial charge in [0.2, 0.25) is 10.0 Å². The molecule has 0 atom stereocenters.